The number of aromatic nitrogens is 4. The zero-order chi connectivity index (χ0) is 21.3. The highest BCUT2D eigenvalue weighted by molar-refractivity contribution is 6.02. The van der Waals surface area contributed by atoms with Crippen LogP contribution in [0.4, 0.5) is 10.5 Å². The van der Waals surface area contributed by atoms with Gasteiger partial charge in [0.05, 0.1) is 11.4 Å². The largest absolute Gasteiger partial charge is 0.444 e. The molecule has 3 aromatic heterocycles. The van der Waals surface area contributed by atoms with Crippen LogP contribution in [0.25, 0.3) is 22.2 Å². The fraction of sp³-hybridized carbons (Fsp3) is 0.455. The number of fused-ring (bicyclic) bond motifs is 1. The van der Waals surface area contributed by atoms with E-state index in [0.29, 0.717) is 0 Å². The standard InChI is InChI=1S/C22H28N6O2/c1-22(2,3)30-21(29)27(4)16-6-5-9-28(13-16)18-7-8-25-20-19(18)17(12-26-20)15-10-23-14-24-11-15/h7-8,10-12,14,16H,5-6,9,13H2,1-4H3,(H,25,26)/t16-/m1/s1. The van der Waals surface area contributed by atoms with Crippen LogP contribution < -0.4 is 4.90 Å². The third-order valence-electron chi connectivity index (χ3n) is 5.39. The van der Waals surface area contributed by atoms with Gasteiger partial charge < -0.3 is 19.5 Å². The number of likely N-dealkylation sites (N-methyl/N-ethyl adjacent to an activating group) is 1. The van der Waals surface area contributed by atoms with Gasteiger partial charge in [-0.15, -0.1) is 0 Å². The molecule has 0 saturated carbocycles. The van der Waals surface area contributed by atoms with Crippen molar-refractivity contribution < 1.29 is 9.53 Å². The van der Waals surface area contributed by atoms with E-state index in [1.807, 2.05) is 58.7 Å². The fourth-order valence-corrected chi connectivity index (χ4v) is 3.94. The van der Waals surface area contributed by atoms with Crippen molar-refractivity contribution in [3.8, 4) is 11.1 Å². The first kappa shape index (κ1) is 20.1. The van der Waals surface area contributed by atoms with E-state index in [2.05, 4.69) is 24.8 Å². The number of nitrogens with one attached hydrogen (secondary N) is 1. The maximum absolute atomic E-state index is 12.6. The molecule has 8 nitrogen and oxygen atoms in total. The molecule has 1 aliphatic heterocycles. The van der Waals surface area contributed by atoms with Gasteiger partial charge in [-0.1, -0.05) is 0 Å². The summed E-state index contributed by atoms with van der Waals surface area (Å²) in [6.45, 7) is 7.33. The van der Waals surface area contributed by atoms with Gasteiger partial charge in [-0.05, 0) is 39.7 Å². The smallest absolute Gasteiger partial charge is 0.410 e. The first-order valence-electron chi connectivity index (χ1n) is 10.3. The number of H-pyrrole nitrogens is 1. The van der Waals surface area contributed by atoms with Gasteiger partial charge in [-0.2, -0.15) is 0 Å². The minimum atomic E-state index is -0.505. The number of anilines is 1. The minimum Gasteiger partial charge on any atom is -0.444 e. The second kappa shape index (κ2) is 7.93. The Balaban J connectivity index is 1.63. The van der Waals surface area contributed by atoms with E-state index in [9.17, 15) is 4.79 Å². The molecular formula is C22H28N6O2. The van der Waals surface area contributed by atoms with Crippen molar-refractivity contribution >= 4 is 22.8 Å². The zero-order valence-electron chi connectivity index (χ0n) is 17.9. The van der Waals surface area contributed by atoms with Crippen LogP contribution >= 0.6 is 0 Å². The second-order valence-corrected chi connectivity index (χ2v) is 8.72. The number of pyridine rings is 1. The van der Waals surface area contributed by atoms with E-state index in [-0.39, 0.29) is 12.1 Å². The van der Waals surface area contributed by atoms with Gasteiger partial charge >= 0.3 is 6.09 Å². The second-order valence-electron chi connectivity index (χ2n) is 8.72. The van der Waals surface area contributed by atoms with Crippen molar-refractivity contribution in [2.24, 2.45) is 0 Å². The Kier molecular flexibility index (Phi) is 5.32. The van der Waals surface area contributed by atoms with Crippen molar-refractivity contribution in [2.75, 3.05) is 25.0 Å². The molecule has 0 aliphatic carbocycles. The Labute approximate surface area is 176 Å². The maximum Gasteiger partial charge on any atom is 0.410 e. The molecule has 1 fully saturated rings. The highest BCUT2D eigenvalue weighted by Crippen LogP contribution is 2.35. The van der Waals surface area contributed by atoms with E-state index >= 15 is 0 Å². The van der Waals surface area contributed by atoms with E-state index in [1.54, 1.807) is 4.90 Å². The van der Waals surface area contributed by atoms with Crippen LogP contribution in [0.3, 0.4) is 0 Å². The van der Waals surface area contributed by atoms with E-state index in [1.165, 1.54) is 6.33 Å². The van der Waals surface area contributed by atoms with E-state index in [0.717, 1.165) is 53.8 Å². The average Bonchev–Trinajstić information content (AvgIpc) is 3.17. The summed E-state index contributed by atoms with van der Waals surface area (Å²) < 4.78 is 5.57. The molecule has 8 heteroatoms. The number of ether oxygens (including phenoxy) is 1. The molecule has 1 amide bonds. The third-order valence-corrected chi connectivity index (χ3v) is 5.39. The number of rotatable bonds is 3. The van der Waals surface area contributed by atoms with Crippen LogP contribution in [0.5, 0.6) is 0 Å². The van der Waals surface area contributed by atoms with Crippen molar-refractivity contribution in [2.45, 2.75) is 45.3 Å². The normalized spacial score (nSPS) is 17.2. The van der Waals surface area contributed by atoms with Crippen LogP contribution in [-0.2, 0) is 4.74 Å². The summed E-state index contributed by atoms with van der Waals surface area (Å²) in [7, 11) is 1.83. The molecule has 4 heterocycles. The van der Waals surface area contributed by atoms with Crippen molar-refractivity contribution in [1.82, 2.24) is 24.8 Å². The summed E-state index contributed by atoms with van der Waals surface area (Å²) in [6, 6.07) is 2.12. The van der Waals surface area contributed by atoms with Gasteiger partial charge in [0.2, 0.25) is 0 Å². The molecule has 4 rings (SSSR count). The zero-order valence-corrected chi connectivity index (χ0v) is 17.9. The van der Waals surface area contributed by atoms with Gasteiger partial charge in [0.1, 0.15) is 17.6 Å². The molecule has 3 aromatic rings. The lowest BCUT2D eigenvalue weighted by molar-refractivity contribution is 0.0210. The number of carbonyl (C=O) groups is 1. The number of carbonyl (C=O) groups excluding carboxylic acids is 1. The minimum absolute atomic E-state index is 0.0827. The first-order valence-corrected chi connectivity index (χ1v) is 10.3. The van der Waals surface area contributed by atoms with Crippen molar-refractivity contribution in [1.29, 1.82) is 0 Å². The predicted molar refractivity (Wildman–Crippen MR) is 116 cm³/mol. The molecule has 0 radical (unpaired) electrons. The van der Waals surface area contributed by atoms with Crippen LogP contribution in [0.15, 0.2) is 37.2 Å². The third kappa shape index (κ3) is 4.08. The average molecular weight is 409 g/mol. The van der Waals surface area contributed by atoms with Gasteiger partial charge in [0.25, 0.3) is 0 Å². The Bertz CT molecular complexity index is 1030. The van der Waals surface area contributed by atoms with Gasteiger partial charge in [-0.25, -0.2) is 19.7 Å². The number of hydrogen-bond donors (Lipinski definition) is 1. The summed E-state index contributed by atoms with van der Waals surface area (Å²) in [5.74, 6) is 0. The van der Waals surface area contributed by atoms with Crippen molar-refractivity contribution in [3.63, 3.8) is 0 Å². The molecule has 0 unspecified atom stereocenters. The van der Waals surface area contributed by atoms with Crippen molar-refractivity contribution in [3.05, 3.63) is 37.2 Å². The SMILES string of the molecule is CN(C(=O)OC(C)(C)C)[C@@H]1CCCN(c2ccnc3[nH]cc(-c4cncnc4)c23)C1. The molecule has 30 heavy (non-hydrogen) atoms. The maximum atomic E-state index is 12.6. The van der Waals surface area contributed by atoms with E-state index < -0.39 is 5.60 Å². The molecule has 1 saturated heterocycles. The number of hydrogen-bond acceptors (Lipinski definition) is 6. The number of amides is 1. The van der Waals surface area contributed by atoms with Gasteiger partial charge in [0, 0.05) is 61.7 Å². The lowest BCUT2D eigenvalue weighted by Crippen LogP contribution is -2.49. The monoisotopic (exact) mass is 408 g/mol. The van der Waals surface area contributed by atoms with Crippen LogP contribution in [0.2, 0.25) is 0 Å². The Morgan fingerprint density at radius 1 is 1.30 bits per heavy atom. The lowest BCUT2D eigenvalue weighted by atomic mass is 10.0. The Hall–Kier alpha value is -3.16. The predicted octanol–water partition coefficient (Wildman–Crippen LogP) is 3.86. The summed E-state index contributed by atoms with van der Waals surface area (Å²) in [4.78, 5) is 32.7. The molecular weight excluding hydrogens is 380 g/mol. The van der Waals surface area contributed by atoms with Gasteiger partial charge in [0.15, 0.2) is 0 Å². The molecule has 1 aliphatic rings. The number of nitrogens with zero attached hydrogens (tertiary/aromatic N) is 5. The Morgan fingerprint density at radius 2 is 2.07 bits per heavy atom. The van der Waals surface area contributed by atoms with Gasteiger partial charge in [-0.3, -0.25) is 0 Å². The number of piperidine rings is 1. The topological polar surface area (TPSA) is 87.2 Å². The fourth-order valence-electron chi connectivity index (χ4n) is 3.94. The molecule has 1 atom stereocenters. The molecule has 0 spiro atoms. The summed E-state index contributed by atoms with van der Waals surface area (Å²) in [5, 5.41) is 1.05. The first-order chi connectivity index (χ1) is 14.3. The number of aromatic amines is 1. The van der Waals surface area contributed by atoms with E-state index in [4.69, 9.17) is 4.74 Å². The lowest BCUT2D eigenvalue weighted by Gasteiger charge is -2.39. The molecule has 1 N–H and O–H groups in total. The quantitative estimate of drug-likeness (QED) is 0.708. The highest BCUT2D eigenvalue weighted by atomic mass is 16.6. The van der Waals surface area contributed by atoms with Crippen LogP contribution in [-0.4, -0.2) is 62.7 Å². The summed E-state index contributed by atoms with van der Waals surface area (Å²) in [6.07, 6.45) is 10.6. The highest BCUT2D eigenvalue weighted by Gasteiger charge is 2.30. The Morgan fingerprint density at radius 3 is 2.80 bits per heavy atom. The molecule has 0 bridgehead atoms. The van der Waals surface area contributed by atoms with Crippen LogP contribution in [0, 0.1) is 0 Å². The summed E-state index contributed by atoms with van der Waals surface area (Å²) >= 11 is 0. The van der Waals surface area contributed by atoms with Crippen LogP contribution in [0.1, 0.15) is 33.6 Å². The molecule has 0 aromatic carbocycles. The summed E-state index contributed by atoms with van der Waals surface area (Å²) in [5.41, 5.74) is 3.39. The molecule has 158 valence electrons.